The lowest BCUT2D eigenvalue weighted by Gasteiger charge is -2.34. The van der Waals surface area contributed by atoms with Crippen molar-refractivity contribution in [2.24, 2.45) is 0 Å². The quantitative estimate of drug-likeness (QED) is 0.834. The molecule has 7 nitrogen and oxygen atoms in total. The number of carbonyl (C=O) groups excluding carboxylic acids is 1. The summed E-state index contributed by atoms with van der Waals surface area (Å²) in [5.41, 5.74) is 0. The van der Waals surface area contributed by atoms with Gasteiger partial charge in [0, 0.05) is 25.5 Å². The van der Waals surface area contributed by atoms with Crippen molar-refractivity contribution in [1.82, 2.24) is 29.4 Å². The number of hydrogen-bond donors (Lipinski definition) is 0. The van der Waals surface area contributed by atoms with E-state index in [1.54, 1.807) is 17.2 Å². The maximum absolute atomic E-state index is 12.5. The molecule has 1 aliphatic rings. The molecule has 0 aliphatic carbocycles. The lowest BCUT2D eigenvalue weighted by atomic mass is 10.1. The minimum Gasteiger partial charge on any atom is -0.339 e. The highest BCUT2D eigenvalue weighted by atomic mass is 16.2. The third kappa shape index (κ3) is 2.43. The molecule has 0 spiro atoms. The number of likely N-dealkylation sites (tertiary alicyclic amines) is 1. The van der Waals surface area contributed by atoms with Gasteiger partial charge in [-0.2, -0.15) is 10.2 Å². The van der Waals surface area contributed by atoms with Crippen molar-refractivity contribution in [3.05, 3.63) is 31.1 Å². The van der Waals surface area contributed by atoms with Gasteiger partial charge < -0.3 is 4.90 Å². The van der Waals surface area contributed by atoms with Crippen LogP contribution in [0.2, 0.25) is 0 Å². The first kappa shape index (κ1) is 12.8. The molecule has 1 aliphatic heterocycles. The molecule has 3 rings (SSSR count). The van der Waals surface area contributed by atoms with E-state index < -0.39 is 0 Å². The molecule has 7 heteroatoms. The summed E-state index contributed by atoms with van der Waals surface area (Å²) in [6.45, 7) is 3.36. The first-order valence-electron chi connectivity index (χ1n) is 6.87. The van der Waals surface area contributed by atoms with Gasteiger partial charge in [0.05, 0.1) is 6.04 Å². The molecule has 2 aromatic rings. The lowest BCUT2D eigenvalue weighted by molar-refractivity contribution is -0.136. The average Bonchev–Trinajstić information content (AvgIpc) is 3.18. The van der Waals surface area contributed by atoms with Gasteiger partial charge in [0.2, 0.25) is 5.91 Å². The summed E-state index contributed by atoms with van der Waals surface area (Å²) in [7, 11) is 0. The number of nitrogens with zero attached hydrogens (tertiary/aromatic N) is 6. The highest BCUT2D eigenvalue weighted by Gasteiger charge is 2.28. The third-order valence-electron chi connectivity index (χ3n) is 3.80. The van der Waals surface area contributed by atoms with Crippen LogP contribution in [0.15, 0.2) is 31.1 Å². The molecule has 1 fully saturated rings. The van der Waals surface area contributed by atoms with Gasteiger partial charge in [0.1, 0.15) is 18.7 Å². The first-order chi connectivity index (χ1) is 9.75. The highest BCUT2D eigenvalue weighted by molar-refractivity contribution is 5.80. The molecular weight excluding hydrogens is 256 g/mol. The standard InChI is InChI=1S/C13H18N6O/c1-11(19-10-14-9-16-19)13(20)17-6-2-4-12(8-17)18-7-3-5-15-18/h3,5,7,9-12H,2,4,6,8H2,1H3. The molecule has 106 valence electrons. The molecule has 0 bridgehead atoms. The van der Waals surface area contributed by atoms with Crippen LogP contribution in [0, 0.1) is 0 Å². The van der Waals surface area contributed by atoms with E-state index in [0.717, 1.165) is 19.4 Å². The normalized spacial score (nSPS) is 20.9. The van der Waals surface area contributed by atoms with E-state index >= 15 is 0 Å². The van der Waals surface area contributed by atoms with Gasteiger partial charge in [-0.05, 0) is 25.8 Å². The molecule has 0 radical (unpaired) electrons. The summed E-state index contributed by atoms with van der Waals surface area (Å²) in [6, 6.07) is 1.87. The van der Waals surface area contributed by atoms with Gasteiger partial charge in [0.15, 0.2) is 0 Å². The van der Waals surface area contributed by atoms with Gasteiger partial charge >= 0.3 is 0 Å². The molecule has 2 aromatic heterocycles. The van der Waals surface area contributed by atoms with Gasteiger partial charge in [-0.3, -0.25) is 9.48 Å². The van der Waals surface area contributed by atoms with Crippen LogP contribution in [-0.4, -0.2) is 48.4 Å². The maximum atomic E-state index is 12.5. The fourth-order valence-corrected chi connectivity index (χ4v) is 2.66. The van der Waals surface area contributed by atoms with E-state index in [4.69, 9.17) is 0 Å². The molecule has 1 saturated heterocycles. The summed E-state index contributed by atoms with van der Waals surface area (Å²) in [6.07, 6.45) is 8.83. The van der Waals surface area contributed by atoms with Crippen molar-refractivity contribution in [1.29, 1.82) is 0 Å². The fourth-order valence-electron chi connectivity index (χ4n) is 2.66. The number of hydrogen-bond acceptors (Lipinski definition) is 4. The van der Waals surface area contributed by atoms with Crippen molar-refractivity contribution in [3.8, 4) is 0 Å². The van der Waals surface area contributed by atoms with Crippen molar-refractivity contribution in [2.75, 3.05) is 13.1 Å². The van der Waals surface area contributed by atoms with Crippen LogP contribution < -0.4 is 0 Å². The molecular formula is C13H18N6O. The second-order valence-electron chi connectivity index (χ2n) is 5.12. The number of aromatic nitrogens is 5. The van der Waals surface area contributed by atoms with Crippen molar-refractivity contribution < 1.29 is 4.79 Å². The highest BCUT2D eigenvalue weighted by Crippen LogP contribution is 2.22. The van der Waals surface area contributed by atoms with E-state index in [2.05, 4.69) is 15.2 Å². The minimum absolute atomic E-state index is 0.0901. The summed E-state index contributed by atoms with van der Waals surface area (Å²) >= 11 is 0. The second-order valence-corrected chi connectivity index (χ2v) is 5.12. The fraction of sp³-hybridized carbons (Fsp3) is 0.538. The van der Waals surface area contributed by atoms with E-state index in [0.29, 0.717) is 6.54 Å². The van der Waals surface area contributed by atoms with E-state index in [1.807, 2.05) is 28.8 Å². The monoisotopic (exact) mass is 274 g/mol. The zero-order valence-electron chi connectivity index (χ0n) is 11.5. The predicted molar refractivity (Wildman–Crippen MR) is 71.8 cm³/mol. The maximum Gasteiger partial charge on any atom is 0.247 e. The zero-order valence-corrected chi connectivity index (χ0v) is 11.5. The Morgan fingerprint density at radius 1 is 1.40 bits per heavy atom. The van der Waals surface area contributed by atoms with Gasteiger partial charge in [-0.25, -0.2) is 9.67 Å². The van der Waals surface area contributed by atoms with Crippen molar-refractivity contribution in [3.63, 3.8) is 0 Å². The second kappa shape index (κ2) is 5.44. The minimum atomic E-state index is -0.311. The molecule has 2 unspecified atom stereocenters. The van der Waals surface area contributed by atoms with Crippen LogP contribution in [-0.2, 0) is 4.79 Å². The summed E-state index contributed by atoms with van der Waals surface area (Å²) in [5.74, 6) is 0.0901. The van der Waals surface area contributed by atoms with Crippen LogP contribution in [0.25, 0.3) is 0 Å². The Morgan fingerprint density at radius 2 is 2.30 bits per heavy atom. The van der Waals surface area contributed by atoms with E-state index in [1.165, 1.54) is 6.33 Å². The lowest BCUT2D eigenvalue weighted by Crippen LogP contribution is -2.43. The Kier molecular flexibility index (Phi) is 3.49. The largest absolute Gasteiger partial charge is 0.339 e. The number of carbonyl (C=O) groups is 1. The SMILES string of the molecule is CC(C(=O)N1CCCC(n2cccn2)C1)n1cncn1. The summed E-state index contributed by atoms with van der Waals surface area (Å²) < 4.78 is 3.54. The van der Waals surface area contributed by atoms with Crippen LogP contribution in [0.3, 0.4) is 0 Å². The molecule has 20 heavy (non-hydrogen) atoms. The Labute approximate surface area is 117 Å². The third-order valence-corrected chi connectivity index (χ3v) is 3.80. The van der Waals surface area contributed by atoms with Crippen LogP contribution in [0.1, 0.15) is 31.8 Å². The van der Waals surface area contributed by atoms with Crippen LogP contribution in [0.4, 0.5) is 0 Å². The summed E-state index contributed by atoms with van der Waals surface area (Å²) in [5, 5.41) is 8.32. The molecule has 0 N–H and O–H groups in total. The Morgan fingerprint density at radius 3 is 3.00 bits per heavy atom. The van der Waals surface area contributed by atoms with E-state index in [9.17, 15) is 4.79 Å². The zero-order chi connectivity index (χ0) is 13.9. The average molecular weight is 274 g/mol. The number of amides is 1. The van der Waals surface area contributed by atoms with Crippen molar-refractivity contribution in [2.45, 2.75) is 31.8 Å². The predicted octanol–water partition coefficient (Wildman–Crippen LogP) is 0.899. The topological polar surface area (TPSA) is 68.8 Å². The van der Waals surface area contributed by atoms with Crippen LogP contribution >= 0.6 is 0 Å². The molecule has 1 amide bonds. The Balaban J connectivity index is 1.69. The summed E-state index contributed by atoms with van der Waals surface area (Å²) in [4.78, 5) is 18.3. The molecule has 0 aromatic carbocycles. The van der Waals surface area contributed by atoms with Gasteiger partial charge in [0.25, 0.3) is 0 Å². The van der Waals surface area contributed by atoms with Gasteiger partial charge in [-0.15, -0.1) is 0 Å². The molecule has 2 atom stereocenters. The van der Waals surface area contributed by atoms with Crippen molar-refractivity contribution >= 4 is 5.91 Å². The first-order valence-corrected chi connectivity index (χ1v) is 6.87. The van der Waals surface area contributed by atoms with Crippen LogP contribution in [0.5, 0.6) is 0 Å². The Hall–Kier alpha value is -2.18. The smallest absolute Gasteiger partial charge is 0.247 e. The molecule has 0 saturated carbocycles. The Bertz CT molecular complexity index is 549. The number of rotatable bonds is 3. The molecule has 3 heterocycles. The van der Waals surface area contributed by atoms with E-state index in [-0.39, 0.29) is 18.0 Å². The van der Waals surface area contributed by atoms with Gasteiger partial charge in [-0.1, -0.05) is 0 Å². The number of piperidine rings is 1.